The van der Waals surface area contributed by atoms with E-state index in [2.05, 4.69) is 0 Å². The van der Waals surface area contributed by atoms with Crippen LogP contribution in [0.2, 0.25) is 0 Å². The lowest BCUT2D eigenvalue weighted by Crippen LogP contribution is -2.39. The zero-order valence-corrected chi connectivity index (χ0v) is 8.91. The second-order valence-electron chi connectivity index (χ2n) is 4.80. The molecule has 0 aromatic rings. The Balaban J connectivity index is 1.89. The molecule has 0 aromatic heterocycles. The van der Waals surface area contributed by atoms with Gasteiger partial charge in [0, 0.05) is 25.0 Å². The van der Waals surface area contributed by atoms with Gasteiger partial charge in [-0.3, -0.25) is 4.79 Å². The van der Waals surface area contributed by atoms with Crippen LogP contribution in [0.3, 0.4) is 0 Å². The standard InChI is InChI=1S/C11H20N2O/c1-13(10-5-6-10)11(14)8-3-2-4-9(12)7-8/h8-10H,2-7,12H2,1H3. The van der Waals surface area contributed by atoms with Gasteiger partial charge in [0.1, 0.15) is 0 Å². The summed E-state index contributed by atoms with van der Waals surface area (Å²) < 4.78 is 0. The number of amides is 1. The van der Waals surface area contributed by atoms with Gasteiger partial charge in [-0.2, -0.15) is 0 Å². The Morgan fingerprint density at radius 2 is 2.00 bits per heavy atom. The van der Waals surface area contributed by atoms with Crippen LogP contribution < -0.4 is 5.73 Å². The molecule has 0 spiro atoms. The van der Waals surface area contributed by atoms with E-state index in [1.54, 1.807) is 0 Å². The second-order valence-corrected chi connectivity index (χ2v) is 4.80. The summed E-state index contributed by atoms with van der Waals surface area (Å²) in [5.74, 6) is 0.548. The smallest absolute Gasteiger partial charge is 0.225 e. The van der Waals surface area contributed by atoms with Crippen molar-refractivity contribution >= 4 is 5.91 Å². The Morgan fingerprint density at radius 3 is 2.57 bits per heavy atom. The molecule has 2 aliphatic carbocycles. The molecule has 0 bridgehead atoms. The summed E-state index contributed by atoms with van der Waals surface area (Å²) in [6.07, 6.45) is 6.55. The number of rotatable bonds is 2. The second kappa shape index (κ2) is 3.89. The number of hydrogen-bond donors (Lipinski definition) is 1. The van der Waals surface area contributed by atoms with Gasteiger partial charge in [0.25, 0.3) is 0 Å². The van der Waals surface area contributed by atoms with E-state index in [9.17, 15) is 4.79 Å². The molecule has 80 valence electrons. The third-order valence-corrected chi connectivity index (χ3v) is 3.51. The molecule has 1 amide bonds. The summed E-state index contributed by atoms with van der Waals surface area (Å²) in [5, 5.41) is 0. The van der Waals surface area contributed by atoms with E-state index >= 15 is 0 Å². The van der Waals surface area contributed by atoms with Crippen LogP contribution in [0.1, 0.15) is 38.5 Å². The third kappa shape index (κ3) is 2.08. The first-order chi connectivity index (χ1) is 6.68. The van der Waals surface area contributed by atoms with Crippen LogP contribution in [0.5, 0.6) is 0 Å². The van der Waals surface area contributed by atoms with Crippen LogP contribution in [-0.4, -0.2) is 29.9 Å². The Kier molecular flexibility index (Phi) is 2.77. The van der Waals surface area contributed by atoms with Crippen LogP contribution >= 0.6 is 0 Å². The summed E-state index contributed by atoms with van der Waals surface area (Å²) in [7, 11) is 1.94. The first-order valence-corrected chi connectivity index (χ1v) is 5.70. The molecule has 3 heteroatoms. The van der Waals surface area contributed by atoms with Crippen LogP contribution in [0.4, 0.5) is 0 Å². The molecule has 0 aromatic carbocycles. The molecule has 14 heavy (non-hydrogen) atoms. The van der Waals surface area contributed by atoms with Crippen LogP contribution in [-0.2, 0) is 4.79 Å². The normalized spacial score (nSPS) is 32.7. The topological polar surface area (TPSA) is 46.3 Å². The van der Waals surface area contributed by atoms with E-state index in [4.69, 9.17) is 5.73 Å². The molecule has 2 N–H and O–H groups in total. The van der Waals surface area contributed by atoms with E-state index < -0.39 is 0 Å². The highest BCUT2D eigenvalue weighted by atomic mass is 16.2. The van der Waals surface area contributed by atoms with E-state index in [0.717, 1.165) is 25.7 Å². The van der Waals surface area contributed by atoms with Crippen molar-refractivity contribution in [1.82, 2.24) is 4.90 Å². The van der Waals surface area contributed by atoms with Gasteiger partial charge in [-0.15, -0.1) is 0 Å². The molecule has 2 atom stereocenters. The maximum Gasteiger partial charge on any atom is 0.225 e. The quantitative estimate of drug-likeness (QED) is 0.719. The van der Waals surface area contributed by atoms with E-state index in [1.807, 2.05) is 11.9 Å². The number of hydrogen-bond acceptors (Lipinski definition) is 2. The molecule has 2 unspecified atom stereocenters. The zero-order valence-electron chi connectivity index (χ0n) is 8.91. The lowest BCUT2D eigenvalue weighted by molar-refractivity contribution is -0.135. The van der Waals surface area contributed by atoms with E-state index in [0.29, 0.717) is 11.9 Å². The lowest BCUT2D eigenvalue weighted by Gasteiger charge is -2.29. The molecule has 2 saturated carbocycles. The third-order valence-electron chi connectivity index (χ3n) is 3.51. The van der Waals surface area contributed by atoms with Gasteiger partial charge in [0.05, 0.1) is 0 Å². The highest BCUT2D eigenvalue weighted by molar-refractivity contribution is 5.79. The van der Waals surface area contributed by atoms with Crippen molar-refractivity contribution in [2.75, 3.05) is 7.05 Å². The minimum Gasteiger partial charge on any atom is -0.343 e. The van der Waals surface area contributed by atoms with Crippen LogP contribution in [0.15, 0.2) is 0 Å². The van der Waals surface area contributed by atoms with Crippen molar-refractivity contribution in [3.63, 3.8) is 0 Å². The molecule has 2 aliphatic rings. The summed E-state index contributed by atoms with van der Waals surface area (Å²) in [5.41, 5.74) is 5.88. The fourth-order valence-corrected chi connectivity index (χ4v) is 2.38. The minimum atomic E-state index is 0.212. The number of carbonyl (C=O) groups is 1. The Hall–Kier alpha value is -0.570. The average Bonchev–Trinajstić information content (AvgIpc) is 2.99. The fourth-order valence-electron chi connectivity index (χ4n) is 2.38. The average molecular weight is 196 g/mol. The van der Waals surface area contributed by atoms with E-state index in [1.165, 1.54) is 12.8 Å². The van der Waals surface area contributed by atoms with E-state index in [-0.39, 0.29) is 12.0 Å². The molecule has 2 rings (SSSR count). The van der Waals surface area contributed by atoms with Gasteiger partial charge >= 0.3 is 0 Å². The highest BCUT2D eigenvalue weighted by Gasteiger charge is 2.34. The molecular formula is C11H20N2O. The molecule has 0 heterocycles. The van der Waals surface area contributed by atoms with Gasteiger partial charge in [0.2, 0.25) is 5.91 Å². The zero-order chi connectivity index (χ0) is 10.1. The summed E-state index contributed by atoms with van der Waals surface area (Å²) in [6, 6.07) is 0.797. The van der Waals surface area contributed by atoms with Gasteiger partial charge in [0.15, 0.2) is 0 Å². The first kappa shape index (κ1) is 9.97. The fraction of sp³-hybridized carbons (Fsp3) is 0.909. The number of nitrogens with two attached hydrogens (primary N) is 1. The number of nitrogens with zero attached hydrogens (tertiary/aromatic N) is 1. The van der Waals surface area contributed by atoms with Crippen molar-refractivity contribution < 1.29 is 4.79 Å². The Bertz CT molecular complexity index is 225. The van der Waals surface area contributed by atoms with Crippen LogP contribution in [0.25, 0.3) is 0 Å². The first-order valence-electron chi connectivity index (χ1n) is 5.70. The van der Waals surface area contributed by atoms with Gasteiger partial charge in [-0.05, 0) is 32.1 Å². The number of carbonyl (C=O) groups excluding carboxylic acids is 1. The predicted octanol–water partition coefficient (Wildman–Crippen LogP) is 1.12. The summed E-state index contributed by atoms with van der Waals surface area (Å²) in [4.78, 5) is 13.9. The molecular weight excluding hydrogens is 176 g/mol. The molecule has 0 aliphatic heterocycles. The van der Waals surface area contributed by atoms with Crippen molar-refractivity contribution in [2.24, 2.45) is 11.7 Å². The maximum absolute atomic E-state index is 12.0. The van der Waals surface area contributed by atoms with Crippen molar-refractivity contribution in [3.8, 4) is 0 Å². The Labute approximate surface area is 85.6 Å². The molecule has 3 nitrogen and oxygen atoms in total. The SMILES string of the molecule is CN(C(=O)C1CCCC(N)C1)C1CC1. The minimum absolute atomic E-state index is 0.212. The van der Waals surface area contributed by atoms with Crippen LogP contribution in [0, 0.1) is 5.92 Å². The van der Waals surface area contributed by atoms with Gasteiger partial charge in [-0.25, -0.2) is 0 Å². The van der Waals surface area contributed by atoms with Crippen molar-refractivity contribution in [2.45, 2.75) is 50.6 Å². The van der Waals surface area contributed by atoms with Gasteiger partial charge in [-0.1, -0.05) is 6.42 Å². The molecule has 0 radical (unpaired) electrons. The maximum atomic E-state index is 12.0. The Morgan fingerprint density at radius 1 is 1.29 bits per heavy atom. The largest absolute Gasteiger partial charge is 0.343 e. The predicted molar refractivity (Wildman–Crippen MR) is 55.7 cm³/mol. The molecule has 0 saturated heterocycles. The summed E-state index contributed by atoms with van der Waals surface area (Å²) >= 11 is 0. The van der Waals surface area contributed by atoms with Gasteiger partial charge < -0.3 is 10.6 Å². The van der Waals surface area contributed by atoms with Crippen molar-refractivity contribution in [3.05, 3.63) is 0 Å². The lowest BCUT2D eigenvalue weighted by atomic mass is 9.85. The molecule has 2 fully saturated rings. The highest BCUT2D eigenvalue weighted by Crippen LogP contribution is 2.30. The monoisotopic (exact) mass is 196 g/mol. The summed E-state index contributed by atoms with van der Waals surface area (Å²) in [6.45, 7) is 0. The van der Waals surface area contributed by atoms with Crippen molar-refractivity contribution in [1.29, 1.82) is 0 Å².